The van der Waals surface area contributed by atoms with Gasteiger partial charge in [-0.05, 0) is 19.8 Å². The maximum absolute atomic E-state index is 11.9. The number of hydrogen-bond acceptors (Lipinski definition) is 6. The van der Waals surface area contributed by atoms with Crippen LogP contribution in [-0.2, 0) is 9.53 Å². The zero-order valence-electron chi connectivity index (χ0n) is 12.6. The molecule has 0 bridgehead atoms. The molecule has 1 unspecified atom stereocenters. The monoisotopic (exact) mass is 281 g/mol. The summed E-state index contributed by atoms with van der Waals surface area (Å²) in [4.78, 5) is 20.3. The lowest BCUT2D eigenvalue weighted by atomic mass is 9.96. The van der Waals surface area contributed by atoms with Crippen LogP contribution in [0.5, 0.6) is 5.88 Å². The molecular weight excluding hydrogens is 258 g/mol. The fourth-order valence-corrected chi connectivity index (χ4v) is 1.88. The lowest BCUT2D eigenvalue weighted by Gasteiger charge is -2.27. The highest BCUT2D eigenvalue weighted by Crippen LogP contribution is 2.20. The van der Waals surface area contributed by atoms with Crippen molar-refractivity contribution < 1.29 is 14.3 Å². The maximum atomic E-state index is 11.9. The van der Waals surface area contributed by atoms with E-state index in [1.807, 2.05) is 13.8 Å². The van der Waals surface area contributed by atoms with Gasteiger partial charge in [0.2, 0.25) is 11.8 Å². The van der Waals surface area contributed by atoms with Crippen LogP contribution in [0.1, 0.15) is 40.0 Å². The number of carbonyl (C=O) groups is 1. The molecule has 0 spiro atoms. The summed E-state index contributed by atoms with van der Waals surface area (Å²) in [6.45, 7) is 6.41. The van der Waals surface area contributed by atoms with E-state index in [2.05, 4.69) is 15.3 Å². The fraction of sp³-hybridized carbons (Fsp3) is 0.643. The molecule has 1 heterocycles. The molecule has 0 fully saturated rings. The predicted octanol–water partition coefficient (Wildman–Crippen LogP) is 2.41. The molecule has 0 saturated carbocycles. The Bertz CT molecular complexity index is 439. The van der Waals surface area contributed by atoms with Gasteiger partial charge >= 0.3 is 5.97 Å². The Morgan fingerprint density at radius 3 is 2.75 bits per heavy atom. The molecular formula is C14H23N3O3. The first-order valence-electron chi connectivity index (χ1n) is 6.88. The highest BCUT2D eigenvalue weighted by atomic mass is 16.5. The number of hydrogen-bond donors (Lipinski definition) is 1. The first-order chi connectivity index (χ1) is 9.55. The Morgan fingerprint density at radius 1 is 1.40 bits per heavy atom. The zero-order valence-corrected chi connectivity index (χ0v) is 12.6. The third-order valence-electron chi connectivity index (χ3n) is 2.86. The smallest absolute Gasteiger partial charge is 0.331 e. The van der Waals surface area contributed by atoms with Gasteiger partial charge in [0.25, 0.3) is 0 Å². The van der Waals surface area contributed by atoms with Gasteiger partial charge < -0.3 is 14.8 Å². The van der Waals surface area contributed by atoms with E-state index in [-0.39, 0.29) is 5.97 Å². The summed E-state index contributed by atoms with van der Waals surface area (Å²) in [5.74, 6) is 0.524. The summed E-state index contributed by atoms with van der Waals surface area (Å²) in [6, 6.07) is 1.69. The molecule has 6 nitrogen and oxygen atoms in total. The van der Waals surface area contributed by atoms with Crippen molar-refractivity contribution in [1.29, 1.82) is 0 Å². The summed E-state index contributed by atoms with van der Waals surface area (Å²) in [5, 5.41) is 3.05. The van der Waals surface area contributed by atoms with Gasteiger partial charge in [-0.25, -0.2) is 9.78 Å². The Hall–Kier alpha value is -1.85. The Labute approximate surface area is 119 Å². The Balaban J connectivity index is 2.85. The number of ether oxygens (including phenoxy) is 2. The van der Waals surface area contributed by atoms with E-state index in [0.717, 1.165) is 12.8 Å². The average molecular weight is 281 g/mol. The van der Waals surface area contributed by atoms with Gasteiger partial charge in [0.15, 0.2) is 0 Å². The van der Waals surface area contributed by atoms with Gasteiger partial charge in [-0.15, -0.1) is 0 Å². The number of anilines is 1. The van der Waals surface area contributed by atoms with E-state index in [9.17, 15) is 4.79 Å². The van der Waals surface area contributed by atoms with Gasteiger partial charge in [0, 0.05) is 12.3 Å². The summed E-state index contributed by atoms with van der Waals surface area (Å²) in [6.07, 6.45) is 3.97. The summed E-state index contributed by atoms with van der Waals surface area (Å²) in [5.41, 5.74) is -0.840. The average Bonchev–Trinajstić information content (AvgIpc) is 2.44. The minimum absolute atomic E-state index is 0.331. The van der Waals surface area contributed by atoms with Gasteiger partial charge in [0.05, 0.1) is 13.7 Å². The van der Waals surface area contributed by atoms with E-state index in [0.29, 0.717) is 24.9 Å². The van der Waals surface area contributed by atoms with E-state index >= 15 is 0 Å². The van der Waals surface area contributed by atoms with Crippen molar-refractivity contribution in [2.75, 3.05) is 19.0 Å². The number of nitrogens with zero attached hydrogens (tertiary/aromatic N) is 2. The van der Waals surface area contributed by atoms with Crippen molar-refractivity contribution in [2.24, 2.45) is 0 Å². The van der Waals surface area contributed by atoms with Crippen LogP contribution in [0.2, 0.25) is 0 Å². The minimum atomic E-state index is -0.840. The molecule has 20 heavy (non-hydrogen) atoms. The van der Waals surface area contributed by atoms with E-state index in [4.69, 9.17) is 9.47 Å². The number of aromatic nitrogens is 2. The lowest BCUT2D eigenvalue weighted by Crippen LogP contribution is -2.44. The van der Waals surface area contributed by atoms with Crippen LogP contribution in [0.15, 0.2) is 12.3 Å². The summed E-state index contributed by atoms with van der Waals surface area (Å²) < 4.78 is 10.3. The van der Waals surface area contributed by atoms with Crippen molar-refractivity contribution in [3.05, 3.63) is 12.3 Å². The van der Waals surface area contributed by atoms with Crippen molar-refractivity contribution in [1.82, 2.24) is 9.97 Å². The lowest BCUT2D eigenvalue weighted by molar-refractivity contribution is -0.145. The molecule has 1 rings (SSSR count). The number of rotatable bonds is 8. The number of nitrogens with one attached hydrogen (secondary N) is 1. The van der Waals surface area contributed by atoms with Gasteiger partial charge in [-0.3, -0.25) is 0 Å². The number of esters is 1. The highest BCUT2D eigenvalue weighted by Gasteiger charge is 2.34. The van der Waals surface area contributed by atoms with Crippen molar-refractivity contribution in [3.63, 3.8) is 0 Å². The molecule has 0 aliphatic carbocycles. The molecule has 1 aromatic rings. The second-order valence-corrected chi connectivity index (χ2v) is 4.77. The first-order valence-corrected chi connectivity index (χ1v) is 6.88. The molecule has 112 valence electrons. The van der Waals surface area contributed by atoms with Gasteiger partial charge in [0.1, 0.15) is 5.54 Å². The predicted molar refractivity (Wildman–Crippen MR) is 76.8 cm³/mol. The van der Waals surface area contributed by atoms with Crippen LogP contribution in [0, 0.1) is 0 Å². The topological polar surface area (TPSA) is 73.3 Å². The highest BCUT2D eigenvalue weighted by molar-refractivity contribution is 5.83. The molecule has 0 aromatic carbocycles. The third-order valence-corrected chi connectivity index (χ3v) is 2.86. The van der Waals surface area contributed by atoms with E-state index in [1.165, 1.54) is 7.11 Å². The largest absolute Gasteiger partial charge is 0.478 e. The molecule has 0 aliphatic rings. The molecule has 0 radical (unpaired) electrons. The molecule has 0 amide bonds. The second kappa shape index (κ2) is 7.67. The second-order valence-electron chi connectivity index (χ2n) is 4.77. The minimum Gasteiger partial charge on any atom is -0.478 e. The van der Waals surface area contributed by atoms with Crippen LogP contribution >= 0.6 is 0 Å². The van der Waals surface area contributed by atoms with Crippen LogP contribution in [0.25, 0.3) is 0 Å². The molecule has 0 saturated heterocycles. The molecule has 1 N–H and O–H groups in total. The van der Waals surface area contributed by atoms with Crippen LogP contribution in [0.3, 0.4) is 0 Å². The SMILES string of the molecule is CCCOc1ccnc(NC(C)(CCC)C(=O)OC)n1. The Kier molecular flexibility index (Phi) is 6.21. The van der Waals surface area contributed by atoms with E-state index < -0.39 is 5.54 Å². The van der Waals surface area contributed by atoms with E-state index in [1.54, 1.807) is 19.2 Å². The number of carbonyl (C=O) groups excluding carboxylic acids is 1. The van der Waals surface area contributed by atoms with Gasteiger partial charge in [-0.2, -0.15) is 4.98 Å². The third kappa shape index (κ3) is 4.36. The van der Waals surface area contributed by atoms with Crippen LogP contribution in [0.4, 0.5) is 5.95 Å². The molecule has 1 aromatic heterocycles. The fourth-order valence-electron chi connectivity index (χ4n) is 1.88. The Morgan fingerprint density at radius 2 is 2.15 bits per heavy atom. The normalized spacial score (nSPS) is 13.4. The van der Waals surface area contributed by atoms with Crippen molar-refractivity contribution >= 4 is 11.9 Å². The quantitative estimate of drug-likeness (QED) is 0.738. The zero-order chi connectivity index (χ0) is 15.0. The standard InChI is InChI=1S/C14H23N3O3/c1-5-8-14(3,12(18)19-4)17-13-15-9-7-11(16-13)20-10-6-2/h7,9H,5-6,8,10H2,1-4H3,(H,15,16,17). The number of methoxy groups -OCH3 is 1. The molecule has 6 heteroatoms. The van der Waals surface area contributed by atoms with Crippen molar-refractivity contribution in [2.45, 2.75) is 45.6 Å². The van der Waals surface area contributed by atoms with Crippen LogP contribution in [-0.4, -0.2) is 35.2 Å². The maximum Gasteiger partial charge on any atom is 0.331 e. The molecule has 1 atom stereocenters. The molecule has 0 aliphatic heterocycles. The van der Waals surface area contributed by atoms with Crippen LogP contribution < -0.4 is 10.1 Å². The summed E-state index contributed by atoms with van der Waals surface area (Å²) in [7, 11) is 1.37. The summed E-state index contributed by atoms with van der Waals surface area (Å²) >= 11 is 0. The van der Waals surface area contributed by atoms with Crippen molar-refractivity contribution in [3.8, 4) is 5.88 Å². The first kappa shape index (κ1) is 16.2. The van der Waals surface area contributed by atoms with Gasteiger partial charge in [-0.1, -0.05) is 20.3 Å².